The van der Waals surface area contributed by atoms with Crippen molar-refractivity contribution < 1.29 is 14.4 Å². The SMILES string of the molecule is O=C(CN1CCC2(CCC1=O)CCC(=O)N2Cc1ccccc1)N1CCN(C2CCCCC2)CC1. The fraction of sp³-hybridized carbons (Fsp3) is 0.679. The van der Waals surface area contributed by atoms with Crippen LogP contribution in [0.25, 0.3) is 0 Å². The number of carbonyl (C=O) groups is 3. The predicted octanol–water partition coefficient (Wildman–Crippen LogP) is 3.04. The van der Waals surface area contributed by atoms with E-state index in [1.165, 1.54) is 32.1 Å². The van der Waals surface area contributed by atoms with E-state index in [1.807, 2.05) is 28.0 Å². The van der Waals surface area contributed by atoms with Gasteiger partial charge in [0.1, 0.15) is 0 Å². The number of nitrogens with zero attached hydrogens (tertiary/aromatic N) is 4. The van der Waals surface area contributed by atoms with Crippen LogP contribution >= 0.6 is 0 Å². The quantitative estimate of drug-likeness (QED) is 0.650. The summed E-state index contributed by atoms with van der Waals surface area (Å²) in [6.45, 7) is 4.74. The van der Waals surface area contributed by atoms with Gasteiger partial charge in [0, 0.05) is 63.7 Å². The van der Waals surface area contributed by atoms with Crippen molar-refractivity contribution >= 4 is 17.7 Å². The number of carbonyl (C=O) groups excluding carboxylic acids is 3. The van der Waals surface area contributed by atoms with Gasteiger partial charge in [0.15, 0.2) is 0 Å². The van der Waals surface area contributed by atoms with Crippen LogP contribution in [0.1, 0.15) is 69.8 Å². The molecule has 7 nitrogen and oxygen atoms in total. The van der Waals surface area contributed by atoms with Crippen LogP contribution in [-0.2, 0) is 20.9 Å². The third kappa shape index (κ3) is 5.40. The van der Waals surface area contributed by atoms with Crippen LogP contribution in [-0.4, -0.2) is 88.2 Å². The summed E-state index contributed by atoms with van der Waals surface area (Å²) in [6.07, 6.45) is 9.80. The number of hydrogen-bond acceptors (Lipinski definition) is 4. The molecule has 3 heterocycles. The standard InChI is InChI=1S/C28H40N4O3/c33-25-11-13-28(14-12-26(34)32(28)21-23-7-3-1-4-8-23)15-16-31(25)22-27(35)30-19-17-29(18-20-30)24-9-5-2-6-10-24/h1,3-4,7-8,24H,2,5-6,9-22H2. The molecule has 0 aromatic heterocycles. The van der Waals surface area contributed by atoms with Crippen LogP contribution in [0.5, 0.6) is 0 Å². The molecular formula is C28H40N4O3. The van der Waals surface area contributed by atoms with Crippen molar-refractivity contribution in [2.45, 2.75) is 82.3 Å². The van der Waals surface area contributed by atoms with Gasteiger partial charge in [-0.15, -0.1) is 0 Å². The number of likely N-dealkylation sites (tertiary alicyclic amines) is 2. The number of piperazine rings is 1. The lowest BCUT2D eigenvalue weighted by Gasteiger charge is -2.41. The van der Waals surface area contributed by atoms with Gasteiger partial charge in [0.25, 0.3) is 0 Å². The summed E-state index contributed by atoms with van der Waals surface area (Å²) in [5.74, 6) is 0.304. The van der Waals surface area contributed by atoms with E-state index in [4.69, 9.17) is 0 Å². The Morgan fingerprint density at radius 1 is 0.829 bits per heavy atom. The Labute approximate surface area is 209 Å². The van der Waals surface area contributed by atoms with Gasteiger partial charge in [0.2, 0.25) is 17.7 Å². The second kappa shape index (κ2) is 10.7. The summed E-state index contributed by atoms with van der Waals surface area (Å²) in [6, 6.07) is 10.8. The zero-order valence-electron chi connectivity index (χ0n) is 21.0. The van der Waals surface area contributed by atoms with Gasteiger partial charge < -0.3 is 14.7 Å². The first-order valence-electron chi connectivity index (χ1n) is 13.7. The molecule has 7 heteroatoms. The van der Waals surface area contributed by atoms with Crippen LogP contribution in [0.15, 0.2) is 30.3 Å². The largest absolute Gasteiger partial charge is 0.339 e. The fourth-order valence-corrected chi connectivity index (χ4v) is 6.72. The molecule has 1 aromatic carbocycles. The molecule has 4 fully saturated rings. The Kier molecular flexibility index (Phi) is 7.42. The van der Waals surface area contributed by atoms with Crippen molar-refractivity contribution in [2.24, 2.45) is 0 Å². The molecule has 1 aliphatic carbocycles. The summed E-state index contributed by atoms with van der Waals surface area (Å²) in [5, 5.41) is 0. The highest BCUT2D eigenvalue weighted by Gasteiger charge is 2.47. The minimum absolute atomic E-state index is 0.0510. The van der Waals surface area contributed by atoms with Crippen LogP contribution in [0.4, 0.5) is 0 Å². The lowest BCUT2D eigenvalue weighted by atomic mass is 9.87. The van der Waals surface area contributed by atoms with Gasteiger partial charge in [-0.05, 0) is 37.7 Å². The highest BCUT2D eigenvalue weighted by molar-refractivity contribution is 5.85. The fourth-order valence-electron chi connectivity index (χ4n) is 6.72. The molecule has 0 N–H and O–H groups in total. The monoisotopic (exact) mass is 480 g/mol. The molecule has 1 atom stereocenters. The average molecular weight is 481 g/mol. The van der Waals surface area contributed by atoms with Crippen LogP contribution in [0.2, 0.25) is 0 Å². The zero-order valence-corrected chi connectivity index (χ0v) is 21.0. The average Bonchev–Trinajstić information content (AvgIpc) is 3.11. The Hall–Kier alpha value is -2.41. The van der Waals surface area contributed by atoms with Crippen molar-refractivity contribution in [3.63, 3.8) is 0 Å². The maximum atomic E-state index is 13.1. The molecule has 1 spiro atoms. The molecule has 190 valence electrons. The van der Waals surface area contributed by atoms with Gasteiger partial charge in [-0.25, -0.2) is 0 Å². The molecule has 0 radical (unpaired) electrons. The smallest absolute Gasteiger partial charge is 0.242 e. The minimum atomic E-state index is -0.272. The molecule has 3 amide bonds. The summed E-state index contributed by atoms with van der Waals surface area (Å²) in [7, 11) is 0. The van der Waals surface area contributed by atoms with E-state index in [-0.39, 0.29) is 29.8 Å². The van der Waals surface area contributed by atoms with Crippen molar-refractivity contribution in [1.82, 2.24) is 19.6 Å². The van der Waals surface area contributed by atoms with Gasteiger partial charge >= 0.3 is 0 Å². The predicted molar refractivity (Wildman–Crippen MR) is 134 cm³/mol. The van der Waals surface area contributed by atoms with Gasteiger partial charge in [-0.2, -0.15) is 0 Å². The summed E-state index contributed by atoms with van der Waals surface area (Å²) in [4.78, 5) is 47.3. The highest BCUT2D eigenvalue weighted by Crippen LogP contribution is 2.40. The van der Waals surface area contributed by atoms with Crippen LogP contribution in [0.3, 0.4) is 0 Å². The van der Waals surface area contributed by atoms with E-state index in [0.717, 1.165) is 44.6 Å². The normalized spacial score (nSPS) is 27.0. The van der Waals surface area contributed by atoms with Crippen LogP contribution in [0, 0.1) is 0 Å². The second-order valence-corrected chi connectivity index (χ2v) is 11.0. The van der Waals surface area contributed by atoms with E-state index >= 15 is 0 Å². The molecular weight excluding hydrogens is 440 g/mol. The first kappa shape index (κ1) is 24.3. The minimum Gasteiger partial charge on any atom is -0.339 e. The molecule has 3 saturated heterocycles. The lowest BCUT2D eigenvalue weighted by Crippen LogP contribution is -2.54. The number of amides is 3. The summed E-state index contributed by atoms with van der Waals surface area (Å²) in [5.41, 5.74) is 0.850. The first-order chi connectivity index (χ1) is 17.0. The molecule has 1 unspecified atom stereocenters. The lowest BCUT2D eigenvalue weighted by molar-refractivity contribution is -0.141. The van der Waals surface area contributed by atoms with Crippen molar-refractivity contribution in [2.75, 3.05) is 39.3 Å². The third-order valence-corrected chi connectivity index (χ3v) is 8.95. The van der Waals surface area contributed by atoms with Crippen molar-refractivity contribution in [3.05, 3.63) is 35.9 Å². The van der Waals surface area contributed by atoms with Gasteiger partial charge in [-0.1, -0.05) is 49.6 Å². The van der Waals surface area contributed by atoms with E-state index < -0.39 is 0 Å². The van der Waals surface area contributed by atoms with Crippen molar-refractivity contribution in [3.8, 4) is 0 Å². The van der Waals surface area contributed by atoms with E-state index in [9.17, 15) is 14.4 Å². The zero-order chi connectivity index (χ0) is 24.3. The molecule has 1 aromatic rings. The number of benzene rings is 1. The van der Waals surface area contributed by atoms with Crippen LogP contribution < -0.4 is 0 Å². The Morgan fingerprint density at radius 2 is 1.51 bits per heavy atom. The topological polar surface area (TPSA) is 64.2 Å². The molecule has 5 rings (SSSR count). The van der Waals surface area contributed by atoms with Crippen molar-refractivity contribution in [1.29, 1.82) is 0 Å². The maximum absolute atomic E-state index is 13.1. The highest BCUT2D eigenvalue weighted by atomic mass is 16.2. The Balaban J connectivity index is 1.17. The van der Waals surface area contributed by atoms with E-state index in [0.29, 0.717) is 38.4 Å². The number of hydrogen-bond donors (Lipinski definition) is 0. The summed E-state index contributed by atoms with van der Waals surface area (Å²) < 4.78 is 0. The Morgan fingerprint density at radius 3 is 2.23 bits per heavy atom. The van der Waals surface area contributed by atoms with Gasteiger partial charge in [-0.3, -0.25) is 19.3 Å². The Bertz CT molecular complexity index is 908. The molecule has 4 aliphatic rings. The molecule has 1 saturated carbocycles. The maximum Gasteiger partial charge on any atom is 0.242 e. The van der Waals surface area contributed by atoms with E-state index in [2.05, 4.69) is 17.0 Å². The van der Waals surface area contributed by atoms with Gasteiger partial charge in [0.05, 0.1) is 6.54 Å². The van der Waals surface area contributed by atoms with E-state index in [1.54, 1.807) is 4.90 Å². The second-order valence-electron chi connectivity index (χ2n) is 11.0. The number of rotatable bonds is 5. The first-order valence-corrected chi connectivity index (χ1v) is 13.7. The molecule has 0 bridgehead atoms. The third-order valence-electron chi connectivity index (χ3n) is 8.95. The summed E-state index contributed by atoms with van der Waals surface area (Å²) >= 11 is 0. The molecule has 3 aliphatic heterocycles. The molecule has 35 heavy (non-hydrogen) atoms.